The number of nitrogens with one attached hydrogen (secondary N) is 1. The van der Waals surface area contributed by atoms with Crippen molar-refractivity contribution >= 4 is 36.6 Å². The molecule has 0 rings (SSSR count). The maximum Gasteiger partial charge on any atom is 0.246 e. The van der Waals surface area contributed by atoms with Crippen LogP contribution in [0.5, 0.6) is 0 Å². The molecule has 0 spiro atoms. The van der Waals surface area contributed by atoms with Gasteiger partial charge in [0.1, 0.15) is 18.4 Å². The molecule has 3 N–H and O–H groups in total. The minimum atomic E-state index is -0.916. The van der Waals surface area contributed by atoms with E-state index in [1.54, 1.807) is 0 Å². The molecule has 0 aromatic heterocycles. The summed E-state index contributed by atoms with van der Waals surface area (Å²) < 4.78 is 0. The Hall–Kier alpha value is -1.57. The molecule has 0 bridgehead atoms. The van der Waals surface area contributed by atoms with Crippen LogP contribution in [0.3, 0.4) is 0 Å². The first-order chi connectivity index (χ1) is 12.0. The minimum absolute atomic E-state index is 0.0930. The second kappa shape index (κ2) is 11.9. The summed E-state index contributed by atoms with van der Waals surface area (Å²) in [5.41, 5.74) is 5.56. The van der Waals surface area contributed by atoms with Crippen LogP contribution >= 0.6 is 12.6 Å². The first-order valence-electron chi connectivity index (χ1n) is 8.99. The first-order valence-corrected chi connectivity index (χ1v) is 9.63. The topological polar surface area (TPSA) is 110 Å². The standard InChI is InChI=1S/C18H33N3O4S/c1-11(2)8-15(20-13(5)23)18(25)21(14(10-22)6-7-26)16(17(19)24)9-12(3)4/h10-12,14-16,26H,6-9H2,1-5H3,(H2,19,24)(H,20,23)/t14-,15-,16-/m0/s1. The van der Waals surface area contributed by atoms with Gasteiger partial charge in [-0.25, -0.2) is 0 Å². The van der Waals surface area contributed by atoms with Gasteiger partial charge in [-0.15, -0.1) is 0 Å². The molecule has 3 atom stereocenters. The Labute approximate surface area is 161 Å². The Morgan fingerprint density at radius 3 is 2.00 bits per heavy atom. The van der Waals surface area contributed by atoms with Gasteiger partial charge in [0.2, 0.25) is 17.7 Å². The highest BCUT2D eigenvalue weighted by molar-refractivity contribution is 7.80. The van der Waals surface area contributed by atoms with Crippen LogP contribution in [0.4, 0.5) is 0 Å². The molecule has 0 aromatic carbocycles. The van der Waals surface area contributed by atoms with Gasteiger partial charge in [0.15, 0.2) is 0 Å². The molecule has 3 amide bonds. The number of hydrogen-bond acceptors (Lipinski definition) is 5. The maximum atomic E-state index is 13.2. The van der Waals surface area contributed by atoms with Gasteiger partial charge in [0.25, 0.3) is 0 Å². The summed E-state index contributed by atoms with van der Waals surface area (Å²) in [5, 5.41) is 2.64. The van der Waals surface area contributed by atoms with Crippen LogP contribution in [0.1, 0.15) is 53.9 Å². The van der Waals surface area contributed by atoms with Crippen molar-refractivity contribution in [3.05, 3.63) is 0 Å². The van der Waals surface area contributed by atoms with Crippen LogP contribution in [0.2, 0.25) is 0 Å². The van der Waals surface area contributed by atoms with Crippen LogP contribution in [0.25, 0.3) is 0 Å². The monoisotopic (exact) mass is 387 g/mol. The molecule has 0 aliphatic carbocycles. The lowest BCUT2D eigenvalue weighted by molar-refractivity contribution is -0.147. The Balaban J connectivity index is 5.97. The molecule has 0 heterocycles. The zero-order valence-electron chi connectivity index (χ0n) is 16.4. The third-order valence-corrected chi connectivity index (χ3v) is 4.19. The van der Waals surface area contributed by atoms with E-state index >= 15 is 0 Å². The van der Waals surface area contributed by atoms with Crippen molar-refractivity contribution in [2.24, 2.45) is 17.6 Å². The zero-order chi connectivity index (χ0) is 20.4. The minimum Gasteiger partial charge on any atom is -0.368 e. The zero-order valence-corrected chi connectivity index (χ0v) is 17.3. The van der Waals surface area contributed by atoms with E-state index < -0.39 is 29.9 Å². The summed E-state index contributed by atoms with van der Waals surface area (Å²) in [6, 6.07) is -2.55. The van der Waals surface area contributed by atoms with E-state index in [4.69, 9.17) is 5.73 Å². The van der Waals surface area contributed by atoms with Gasteiger partial charge in [-0.2, -0.15) is 12.6 Å². The second-order valence-corrected chi connectivity index (χ2v) is 7.84. The van der Waals surface area contributed by atoms with Gasteiger partial charge in [-0.1, -0.05) is 27.7 Å². The Morgan fingerprint density at radius 1 is 1.12 bits per heavy atom. The van der Waals surface area contributed by atoms with Crippen molar-refractivity contribution in [1.82, 2.24) is 10.2 Å². The highest BCUT2D eigenvalue weighted by atomic mass is 32.1. The first kappa shape index (κ1) is 24.4. The number of nitrogens with zero attached hydrogens (tertiary/aromatic N) is 1. The molecule has 0 radical (unpaired) electrons. The van der Waals surface area contributed by atoms with Crippen molar-refractivity contribution in [2.45, 2.75) is 72.0 Å². The molecule has 0 aromatic rings. The molecule has 0 saturated carbocycles. The SMILES string of the molecule is CC(=O)N[C@@H](CC(C)C)C(=O)N([C@H](C=O)CCS)[C@@H](CC(C)C)C(N)=O. The molecular formula is C18H33N3O4S. The van der Waals surface area contributed by atoms with Crippen molar-refractivity contribution in [3.8, 4) is 0 Å². The number of amides is 3. The van der Waals surface area contributed by atoms with Gasteiger partial charge in [-0.05, 0) is 36.9 Å². The van der Waals surface area contributed by atoms with Gasteiger partial charge in [-0.3, -0.25) is 14.4 Å². The van der Waals surface area contributed by atoms with E-state index in [1.807, 2.05) is 27.7 Å². The smallest absolute Gasteiger partial charge is 0.246 e. The molecule has 0 aliphatic heterocycles. The van der Waals surface area contributed by atoms with E-state index in [0.29, 0.717) is 31.3 Å². The van der Waals surface area contributed by atoms with E-state index in [9.17, 15) is 19.2 Å². The van der Waals surface area contributed by atoms with E-state index in [1.165, 1.54) is 11.8 Å². The quantitative estimate of drug-likeness (QED) is 0.345. The molecule has 0 unspecified atom stereocenters. The Bertz CT molecular complexity index is 497. The summed E-state index contributed by atoms with van der Waals surface area (Å²) in [5.74, 6) is -0.874. The van der Waals surface area contributed by atoms with E-state index in [2.05, 4.69) is 17.9 Å². The second-order valence-electron chi connectivity index (χ2n) is 7.39. The van der Waals surface area contributed by atoms with Gasteiger partial charge < -0.3 is 20.7 Å². The third-order valence-electron chi connectivity index (χ3n) is 3.94. The van der Waals surface area contributed by atoms with Crippen LogP contribution in [-0.4, -0.2) is 52.8 Å². The lowest BCUT2D eigenvalue weighted by Gasteiger charge is -2.37. The number of primary amides is 1. The average Bonchev–Trinajstić information content (AvgIpc) is 2.50. The largest absolute Gasteiger partial charge is 0.368 e. The molecule has 26 heavy (non-hydrogen) atoms. The highest BCUT2D eigenvalue weighted by Crippen LogP contribution is 2.20. The Morgan fingerprint density at radius 2 is 1.65 bits per heavy atom. The van der Waals surface area contributed by atoms with Crippen molar-refractivity contribution in [3.63, 3.8) is 0 Å². The Kier molecular flexibility index (Phi) is 11.2. The predicted molar refractivity (Wildman–Crippen MR) is 105 cm³/mol. The predicted octanol–water partition coefficient (Wildman–Crippen LogP) is 1.15. The van der Waals surface area contributed by atoms with E-state index in [0.717, 1.165) is 0 Å². The molecular weight excluding hydrogens is 354 g/mol. The van der Waals surface area contributed by atoms with E-state index in [-0.39, 0.29) is 17.7 Å². The average molecular weight is 388 g/mol. The summed E-state index contributed by atoms with van der Waals surface area (Å²) in [6.45, 7) is 9.00. The van der Waals surface area contributed by atoms with Crippen molar-refractivity contribution in [1.29, 1.82) is 0 Å². The molecule has 0 fully saturated rings. The maximum absolute atomic E-state index is 13.2. The summed E-state index contributed by atoms with van der Waals surface area (Å²) >= 11 is 4.15. The molecule has 0 aliphatic rings. The van der Waals surface area contributed by atoms with Crippen LogP contribution in [0.15, 0.2) is 0 Å². The summed E-state index contributed by atoms with van der Waals surface area (Å²) in [6.07, 6.45) is 1.68. The number of nitrogens with two attached hydrogens (primary N) is 1. The van der Waals surface area contributed by atoms with Crippen LogP contribution < -0.4 is 11.1 Å². The fourth-order valence-corrected chi connectivity index (χ4v) is 3.15. The third kappa shape index (κ3) is 8.21. The van der Waals surface area contributed by atoms with Crippen LogP contribution in [0, 0.1) is 11.8 Å². The molecule has 0 saturated heterocycles. The highest BCUT2D eigenvalue weighted by Gasteiger charge is 2.38. The number of aldehydes is 1. The molecule has 150 valence electrons. The van der Waals surface area contributed by atoms with Crippen LogP contribution in [-0.2, 0) is 19.2 Å². The number of thiol groups is 1. The van der Waals surface area contributed by atoms with Crippen molar-refractivity contribution < 1.29 is 19.2 Å². The molecule has 7 nitrogen and oxygen atoms in total. The van der Waals surface area contributed by atoms with Gasteiger partial charge in [0.05, 0.1) is 6.04 Å². The lowest BCUT2D eigenvalue weighted by Crippen LogP contribution is -2.59. The van der Waals surface area contributed by atoms with Gasteiger partial charge >= 0.3 is 0 Å². The summed E-state index contributed by atoms with van der Waals surface area (Å²) in [7, 11) is 0. The molecule has 8 heteroatoms. The number of hydrogen-bond donors (Lipinski definition) is 3. The number of carbonyl (C=O) groups excluding carboxylic acids is 4. The fourth-order valence-electron chi connectivity index (χ4n) is 2.88. The van der Waals surface area contributed by atoms with Gasteiger partial charge in [0, 0.05) is 6.92 Å². The normalized spacial score (nSPS) is 14.6. The lowest BCUT2D eigenvalue weighted by atomic mass is 9.96. The fraction of sp³-hybridized carbons (Fsp3) is 0.778. The number of rotatable bonds is 12. The van der Waals surface area contributed by atoms with Crippen molar-refractivity contribution in [2.75, 3.05) is 5.75 Å². The number of carbonyl (C=O) groups is 4. The summed E-state index contributed by atoms with van der Waals surface area (Å²) in [4.78, 5) is 49.8.